The van der Waals surface area contributed by atoms with Crippen LogP contribution in [0.5, 0.6) is 0 Å². The molecule has 0 spiro atoms. The van der Waals surface area contributed by atoms with Crippen LogP contribution in [0.2, 0.25) is 0 Å². The minimum absolute atomic E-state index is 0.482. The normalized spacial score (nSPS) is 11.0. The number of oxime groups is 1. The van der Waals surface area contributed by atoms with Crippen LogP contribution in [0.15, 0.2) is 15.7 Å². The number of hydrogen-bond acceptors (Lipinski definition) is 4. The Balaban J connectivity index is 2.65. The van der Waals surface area contributed by atoms with Crippen molar-refractivity contribution in [3.63, 3.8) is 0 Å². The Hall–Kier alpha value is -1.32. The van der Waals surface area contributed by atoms with Gasteiger partial charge < -0.3 is 9.73 Å². The summed E-state index contributed by atoms with van der Waals surface area (Å²) in [5.74, 6) is 0.482. The maximum atomic E-state index is 8.14. The fraction of sp³-hybridized carbons (Fsp3) is 0.429. The van der Waals surface area contributed by atoms with E-state index in [0.29, 0.717) is 5.76 Å². The van der Waals surface area contributed by atoms with Gasteiger partial charge in [0.15, 0.2) is 5.76 Å². The highest BCUT2D eigenvalue weighted by Crippen LogP contribution is 2.02. The summed E-state index contributed by atoms with van der Waals surface area (Å²) < 4.78 is 4.80. The summed E-state index contributed by atoms with van der Waals surface area (Å²) in [5.41, 5.74) is 0.891. The summed E-state index contributed by atoms with van der Waals surface area (Å²) in [6.07, 6.45) is 3.14. The van der Waals surface area contributed by atoms with Gasteiger partial charge in [-0.3, -0.25) is 0 Å². The van der Waals surface area contributed by atoms with E-state index in [-0.39, 0.29) is 0 Å². The van der Waals surface area contributed by atoms with Crippen molar-refractivity contribution in [3.05, 3.63) is 17.5 Å². The predicted molar refractivity (Wildman–Crippen MR) is 39.9 cm³/mol. The lowest BCUT2D eigenvalue weighted by atomic mass is 10.2. The largest absolute Gasteiger partial charge is 0.411 e. The van der Waals surface area contributed by atoms with E-state index in [2.05, 4.69) is 17.2 Å². The molecule has 0 radical (unpaired) electrons. The highest BCUT2D eigenvalue weighted by Gasteiger charge is 1.99. The van der Waals surface area contributed by atoms with E-state index in [1.54, 1.807) is 6.07 Å². The van der Waals surface area contributed by atoms with Crippen molar-refractivity contribution < 1.29 is 9.73 Å². The van der Waals surface area contributed by atoms with Crippen molar-refractivity contribution in [2.24, 2.45) is 5.16 Å². The minimum atomic E-state index is 0.482. The van der Waals surface area contributed by atoms with Crippen LogP contribution in [-0.2, 0) is 6.42 Å². The van der Waals surface area contributed by atoms with Gasteiger partial charge in [0.2, 0.25) is 0 Å². The van der Waals surface area contributed by atoms with E-state index in [0.717, 1.165) is 18.5 Å². The molecular formula is C7H10N2O2. The molecule has 0 saturated carbocycles. The highest BCUT2D eigenvalue weighted by atomic mass is 16.5. The van der Waals surface area contributed by atoms with Gasteiger partial charge in [0.25, 0.3) is 0 Å². The van der Waals surface area contributed by atoms with E-state index in [1.165, 1.54) is 6.21 Å². The molecule has 0 aliphatic carbocycles. The molecule has 0 amide bonds. The van der Waals surface area contributed by atoms with E-state index in [9.17, 15) is 0 Å². The molecule has 60 valence electrons. The van der Waals surface area contributed by atoms with Gasteiger partial charge in [-0.15, -0.1) is 0 Å². The van der Waals surface area contributed by atoms with Gasteiger partial charge in [-0.1, -0.05) is 23.7 Å². The lowest BCUT2D eigenvalue weighted by Crippen LogP contribution is -1.79. The van der Waals surface area contributed by atoms with Crippen LogP contribution in [0.25, 0.3) is 0 Å². The Morgan fingerprint density at radius 1 is 1.82 bits per heavy atom. The second-order valence-electron chi connectivity index (χ2n) is 2.22. The summed E-state index contributed by atoms with van der Waals surface area (Å²) in [4.78, 5) is 0. The van der Waals surface area contributed by atoms with Crippen LogP contribution < -0.4 is 0 Å². The fourth-order valence-corrected chi connectivity index (χ4v) is 0.820. The van der Waals surface area contributed by atoms with Gasteiger partial charge >= 0.3 is 0 Å². The molecule has 0 fully saturated rings. The van der Waals surface area contributed by atoms with E-state index >= 15 is 0 Å². The first kappa shape index (κ1) is 7.78. The second-order valence-corrected chi connectivity index (χ2v) is 2.22. The molecule has 1 aromatic heterocycles. The Labute approximate surface area is 64.5 Å². The van der Waals surface area contributed by atoms with Gasteiger partial charge in [-0.25, -0.2) is 0 Å². The summed E-state index contributed by atoms with van der Waals surface area (Å²) in [5, 5.41) is 14.7. The summed E-state index contributed by atoms with van der Waals surface area (Å²) in [7, 11) is 0. The SMILES string of the molecule is CCCc1cc(C=NO)on1. The number of aryl methyl sites for hydroxylation is 1. The Kier molecular flexibility index (Phi) is 2.66. The molecule has 0 saturated heterocycles. The zero-order valence-corrected chi connectivity index (χ0v) is 6.32. The zero-order valence-electron chi connectivity index (χ0n) is 6.32. The van der Waals surface area contributed by atoms with Crippen molar-refractivity contribution in [2.45, 2.75) is 19.8 Å². The van der Waals surface area contributed by atoms with Crippen LogP contribution >= 0.6 is 0 Å². The third kappa shape index (κ3) is 2.07. The quantitative estimate of drug-likeness (QED) is 0.407. The van der Waals surface area contributed by atoms with Crippen molar-refractivity contribution in [1.82, 2.24) is 5.16 Å². The summed E-state index contributed by atoms with van der Waals surface area (Å²) in [6, 6.07) is 1.75. The molecule has 1 rings (SSSR count). The smallest absolute Gasteiger partial charge is 0.181 e. The molecular weight excluding hydrogens is 144 g/mol. The monoisotopic (exact) mass is 154 g/mol. The Morgan fingerprint density at radius 3 is 3.27 bits per heavy atom. The molecule has 1 heterocycles. The lowest BCUT2D eigenvalue weighted by Gasteiger charge is -1.82. The maximum Gasteiger partial charge on any atom is 0.181 e. The van der Waals surface area contributed by atoms with E-state index in [4.69, 9.17) is 9.73 Å². The van der Waals surface area contributed by atoms with Gasteiger partial charge in [-0.05, 0) is 6.42 Å². The molecule has 1 N–H and O–H groups in total. The molecule has 4 nitrogen and oxygen atoms in total. The van der Waals surface area contributed by atoms with E-state index in [1.807, 2.05) is 0 Å². The van der Waals surface area contributed by atoms with Crippen LogP contribution in [0, 0.1) is 0 Å². The van der Waals surface area contributed by atoms with Gasteiger partial charge in [0, 0.05) is 6.07 Å². The average Bonchev–Trinajstić information content (AvgIpc) is 2.38. The van der Waals surface area contributed by atoms with Gasteiger partial charge in [0.05, 0.1) is 5.69 Å². The molecule has 0 unspecified atom stereocenters. The maximum absolute atomic E-state index is 8.14. The standard InChI is InChI=1S/C7H10N2O2/c1-2-3-6-4-7(5-8-10)11-9-6/h4-5,10H,2-3H2,1H3. The molecule has 0 bridgehead atoms. The molecule has 1 aromatic rings. The van der Waals surface area contributed by atoms with Crippen LogP contribution in [0.3, 0.4) is 0 Å². The molecule has 0 aliphatic rings. The Bertz CT molecular complexity index is 242. The second kappa shape index (κ2) is 3.75. The number of aromatic nitrogens is 1. The highest BCUT2D eigenvalue weighted by molar-refractivity contribution is 5.74. The predicted octanol–water partition coefficient (Wildman–Crippen LogP) is 1.44. The molecule has 0 aliphatic heterocycles. The number of rotatable bonds is 3. The zero-order chi connectivity index (χ0) is 8.10. The van der Waals surface area contributed by atoms with Gasteiger partial charge in [-0.2, -0.15) is 0 Å². The van der Waals surface area contributed by atoms with Crippen LogP contribution in [0.1, 0.15) is 24.8 Å². The average molecular weight is 154 g/mol. The topological polar surface area (TPSA) is 58.6 Å². The van der Waals surface area contributed by atoms with Crippen LogP contribution in [0.4, 0.5) is 0 Å². The first-order chi connectivity index (χ1) is 5.36. The first-order valence-electron chi connectivity index (χ1n) is 3.50. The van der Waals surface area contributed by atoms with E-state index < -0.39 is 0 Å². The van der Waals surface area contributed by atoms with Crippen molar-refractivity contribution >= 4 is 6.21 Å². The summed E-state index contributed by atoms with van der Waals surface area (Å²) >= 11 is 0. The van der Waals surface area contributed by atoms with Crippen molar-refractivity contribution in [1.29, 1.82) is 0 Å². The molecule has 0 aromatic carbocycles. The van der Waals surface area contributed by atoms with Gasteiger partial charge in [0.1, 0.15) is 6.21 Å². The first-order valence-corrected chi connectivity index (χ1v) is 3.50. The lowest BCUT2D eigenvalue weighted by molar-refractivity contribution is 0.319. The summed E-state index contributed by atoms with van der Waals surface area (Å²) in [6.45, 7) is 2.06. The number of nitrogens with zero attached hydrogens (tertiary/aromatic N) is 2. The van der Waals surface area contributed by atoms with Crippen molar-refractivity contribution in [2.75, 3.05) is 0 Å². The minimum Gasteiger partial charge on any atom is -0.411 e. The molecule has 11 heavy (non-hydrogen) atoms. The molecule has 4 heteroatoms. The van der Waals surface area contributed by atoms with Crippen molar-refractivity contribution in [3.8, 4) is 0 Å². The third-order valence-electron chi connectivity index (χ3n) is 1.27. The van der Waals surface area contributed by atoms with Crippen LogP contribution in [-0.4, -0.2) is 16.6 Å². The third-order valence-corrected chi connectivity index (χ3v) is 1.27. The fourth-order valence-electron chi connectivity index (χ4n) is 0.820. The molecule has 0 atom stereocenters. The Morgan fingerprint density at radius 2 is 2.64 bits per heavy atom. The number of hydrogen-bond donors (Lipinski definition) is 1.